The van der Waals surface area contributed by atoms with Crippen LogP contribution in [0, 0.1) is 0 Å². The molecule has 0 amide bonds. The molecule has 2 rings (SSSR count). The second kappa shape index (κ2) is 6.88. The normalized spacial score (nSPS) is 36.0. The lowest BCUT2D eigenvalue weighted by molar-refractivity contribution is -0.418. The van der Waals surface area contributed by atoms with Crippen LogP contribution in [0.1, 0.15) is 0 Å². The topological polar surface area (TPSA) is 77.4 Å². The molecule has 0 radical (unpaired) electrons. The van der Waals surface area contributed by atoms with Crippen molar-refractivity contribution in [3.05, 3.63) is 0 Å². The molecule has 0 aromatic heterocycles. The molecule has 2 N–H and O–H groups in total. The number of hydrogen-bond donors (Lipinski definition) is 2. The maximum Gasteiger partial charge on any atom is 0.460 e. The number of rotatable bonds is 5. The van der Waals surface area contributed by atoms with Crippen LogP contribution in [-0.4, -0.2) is 84.9 Å². The fourth-order valence-corrected chi connectivity index (χ4v) is 2.58. The molecule has 2 aliphatic heterocycles. The van der Waals surface area contributed by atoms with E-state index < -0.39 is 67.5 Å². The molecule has 2 aliphatic rings. The molecule has 0 aromatic rings. The minimum Gasteiger partial charge on any atom is -0.394 e. The maximum absolute atomic E-state index is 13.9. The van der Waals surface area contributed by atoms with E-state index in [1.165, 1.54) is 0 Å². The second-order valence-electron chi connectivity index (χ2n) is 5.75. The first kappa shape index (κ1) is 22.4. The van der Waals surface area contributed by atoms with Crippen molar-refractivity contribution >= 4 is 0 Å². The molecular formula is C12H13F9O6. The standard InChI is InChI=1S/C12H13F9O6/c1-24-7-4(23)6-5(3(2-22)25-7)26-8(27-6)9(13,14)10(15,16)11(17,18)12(19,20)21/h3-8,22-23H,2H2,1H3/t3-,4+,5-,6+,7+,8+/m1/s1. The summed E-state index contributed by atoms with van der Waals surface area (Å²) in [6.07, 6.45) is -19.5. The van der Waals surface area contributed by atoms with E-state index in [-0.39, 0.29) is 0 Å². The summed E-state index contributed by atoms with van der Waals surface area (Å²) in [5, 5.41) is 19.0. The monoisotopic (exact) mass is 424 g/mol. The summed E-state index contributed by atoms with van der Waals surface area (Å²) in [4.78, 5) is 0. The van der Waals surface area contributed by atoms with Crippen LogP contribution in [0.4, 0.5) is 39.5 Å². The molecule has 160 valence electrons. The van der Waals surface area contributed by atoms with Gasteiger partial charge in [0.05, 0.1) is 6.61 Å². The molecule has 2 saturated heterocycles. The van der Waals surface area contributed by atoms with Gasteiger partial charge in [0.15, 0.2) is 6.29 Å². The van der Waals surface area contributed by atoms with E-state index in [0.29, 0.717) is 0 Å². The van der Waals surface area contributed by atoms with Crippen molar-refractivity contribution in [3.63, 3.8) is 0 Å². The van der Waals surface area contributed by atoms with E-state index >= 15 is 0 Å². The van der Waals surface area contributed by atoms with E-state index in [0.717, 1.165) is 7.11 Å². The van der Waals surface area contributed by atoms with Crippen molar-refractivity contribution in [2.24, 2.45) is 0 Å². The Morgan fingerprint density at radius 2 is 1.37 bits per heavy atom. The average molecular weight is 424 g/mol. The highest BCUT2D eigenvalue weighted by atomic mass is 19.4. The molecule has 2 fully saturated rings. The van der Waals surface area contributed by atoms with Gasteiger partial charge in [-0.15, -0.1) is 0 Å². The lowest BCUT2D eigenvalue weighted by Gasteiger charge is -2.38. The van der Waals surface area contributed by atoms with E-state index in [2.05, 4.69) is 14.2 Å². The van der Waals surface area contributed by atoms with Crippen LogP contribution in [0.3, 0.4) is 0 Å². The van der Waals surface area contributed by atoms with Crippen molar-refractivity contribution in [2.75, 3.05) is 13.7 Å². The van der Waals surface area contributed by atoms with Gasteiger partial charge < -0.3 is 29.2 Å². The number of aliphatic hydroxyl groups is 2. The van der Waals surface area contributed by atoms with Gasteiger partial charge in [0, 0.05) is 7.11 Å². The smallest absolute Gasteiger partial charge is 0.394 e. The Morgan fingerprint density at radius 3 is 1.81 bits per heavy atom. The molecule has 0 bridgehead atoms. The third kappa shape index (κ3) is 3.27. The summed E-state index contributed by atoms with van der Waals surface area (Å²) in [5.41, 5.74) is 0. The Hall–Kier alpha value is -0.870. The van der Waals surface area contributed by atoms with Crippen LogP contribution in [0.2, 0.25) is 0 Å². The molecule has 0 spiro atoms. The van der Waals surface area contributed by atoms with Crippen molar-refractivity contribution in [2.45, 2.75) is 60.9 Å². The van der Waals surface area contributed by atoms with Crippen LogP contribution in [0.25, 0.3) is 0 Å². The quantitative estimate of drug-likeness (QED) is 0.648. The van der Waals surface area contributed by atoms with Gasteiger partial charge in [0.2, 0.25) is 6.29 Å². The molecule has 0 unspecified atom stereocenters. The third-order valence-electron chi connectivity index (χ3n) is 4.05. The summed E-state index contributed by atoms with van der Waals surface area (Å²) in [7, 11) is 0.975. The Bertz CT molecular complexity index is 542. The van der Waals surface area contributed by atoms with Crippen molar-refractivity contribution < 1.29 is 68.7 Å². The SMILES string of the molecule is CO[C@H]1O[C@H](CO)[C@H]2O[C@H](C(F)(F)C(F)(F)C(F)(F)C(F)(F)F)O[C@H]2[C@@H]1O. The van der Waals surface area contributed by atoms with Gasteiger partial charge >= 0.3 is 23.9 Å². The average Bonchev–Trinajstić information content (AvgIpc) is 3.00. The maximum atomic E-state index is 13.9. The van der Waals surface area contributed by atoms with Crippen LogP contribution in [0.15, 0.2) is 0 Å². The van der Waals surface area contributed by atoms with Gasteiger partial charge in [-0.2, -0.15) is 39.5 Å². The fourth-order valence-electron chi connectivity index (χ4n) is 2.58. The molecular weight excluding hydrogens is 411 g/mol. The number of alkyl halides is 9. The molecule has 15 heteroatoms. The van der Waals surface area contributed by atoms with Crippen molar-refractivity contribution in [3.8, 4) is 0 Å². The molecule has 6 atom stereocenters. The lowest BCUT2D eigenvalue weighted by atomic mass is 9.99. The van der Waals surface area contributed by atoms with Gasteiger partial charge in [0.1, 0.15) is 24.4 Å². The van der Waals surface area contributed by atoms with Crippen LogP contribution < -0.4 is 0 Å². The molecule has 6 nitrogen and oxygen atoms in total. The van der Waals surface area contributed by atoms with E-state index in [1.807, 2.05) is 0 Å². The molecule has 2 heterocycles. The number of ether oxygens (including phenoxy) is 4. The summed E-state index contributed by atoms with van der Waals surface area (Å²) in [6, 6.07) is 0. The van der Waals surface area contributed by atoms with Crippen LogP contribution in [0.5, 0.6) is 0 Å². The van der Waals surface area contributed by atoms with E-state index in [9.17, 15) is 44.6 Å². The zero-order valence-electron chi connectivity index (χ0n) is 13.1. The Labute approximate surface area is 144 Å². The predicted octanol–water partition coefficient (Wildman–Crippen LogP) is 1.29. The zero-order chi connectivity index (χ0) is 21.0. The summed E-state index contributed by atoms with van der Waals surface area (Å²) in [6.45, 7) is -0.982. The minimum absolute atomic E-state index is 0.975. The zero-order valence-corrected chi connectivity index (χ0v) is 13.1. The van der Waals surface area contributed by atoms with Crippen molar-refractivity contribution in [1.82, 2.24) is 0 Å². The second-order valence-corrected chi connectivity index (χ2v) is 5.75. The van der Waals surface area contributed by atoms with Gasteiger partial charge in [0.25, 0.3) is 0 Å². The number of halogens is 9. The fraction of sp³-hybridized carbons (Fsp3) is 1.00. The molecule has 0 aromatic carbocycles. The van der Waals surface area contributed by atoms with Crippen LogP contribution in [-0.2, 0) is 18.9 Å². The predicted molar refractivity (Wildman–Crippen MR) is 63.2 cm³/mol. The van der Waals surface area contributed by atoms with Gasteiger partial charge in [-0.25, -0.2) is 0 Å². The first-order valence-corrected chi connectivity index (χ1v) is 7.11. The molecule has 0 aliphatic carbocycles. The summed E-state index contributed by atoms with van der Waals surface area (Å²) >= 11 is 0. The number of hydrogen-bond acceptors (Lipinski definition) is 6. The van der Waals surface area contributed by atoms with Gasteiger partial charge in [-0.3, -0.25) is 0 Å². The van der Waals surface area contributed by atoms with E-state index in [1.54, 1.807) is 0 Å². The lowest BCUT2D eigenvalue weighted by Crippen LogP contribution is -2.64. The van der Waals surface area contributed by atoms with Gasteiger partial charge in [-0.05, 0) is 0 Å². The molecule has 0 saturated carbocycles. The summed E-state index contributed by atoms with van der Waals surface area (Å²) in [5.74, 6) is -20.3. The molecule has 27 heavy (non-hydrogen) atoms. The highest BCUT2D eigenvalue weighted by molar-refractivity contribution is 5.05. The minimum atomic E-state index is -7.12. The highest BCUT2D eigenvalue weighted by Gasteiger charge is 2.84. The first-order valence-electron chi connectivity index (χ1n) is 7.11. The summed E-state index contributed by atoms with van der Waals surface area (Å²) < 4.78 is 135. The number of methoxy groups -OCH3 is 1. The van der Waals surface area contributed by atoms with E-state index in [4.69, 9.17) is 9.84 Å². The Kier molecular flexibility index (Phi) is 5.71. The largest absolute Gasteiger partial charge is 0.460 e. The Balaban J connectivity index is 2.33. The van der Waals surface area contributed by atoms with Crippen molar-refractivity contribution in [1.29, 1.82) is 0 Å². The van der Waals surface area contributed by atoms with Crippen LogP contribution >= 0.6 is 0 Å². The third-order valence-corrected chi connectivity index (χ3v) is 4.05. The first-order chi connectivity index (χ1) is 12.1. The highest BCUT2D eigenvalue weighted by Crippen LogP contribution is 2.55. The van der Waals surface area contributed by atoms with Gasteiger partial charge in [-0.1, -0.05) is 0 Å². The number of aliphatic hydroxyl groups excluding tert-OH is 2. The Morgan fingerprint density at radius 1 is 0.852 bits per heavy atom. The number of fused-ring (bicyclic) bond motifs is 1.